The SMILES string of the molecule is COc1ccc(CCNC(=O)c2cc([N+](=O)[O-])ccc2Sc2ccccc2F)cc1. The van der Waals surface area contributed by atoms with Crippen molar-refractivity contribution in [1.82, 2.24) is 5.32 Å². The number of halogens is 1. The second-order valence-electron chi connectivity index (χ2n) is 6.32. The van der Waals surface area contributed by atoms with Crippen LogP contribution in [0.5, 0.6) is 5.75 Å². The van der Waals surface area contributed by atoms with Gasteiger partial charge in [0.05, 0.1) is 17.6 Å². The number of rotatable bonds is 8. The number of hydrogen-bond acceptors (Lipinski definition) is 5. The molecule has 0 bridgehead atoms. The number of nitrogens with one attached hydrogen (secondary N) is 1. The Morgan fingerprint density at radius 3 is 2.50 bits per heavy atom. The molecule has 3 aromatic rings. The van der Waals surface area contributed by atoms with E-state index in [1.807, 2.05) is 24.3 Å². The number of nitro benzene ring substituents is 1. The van der Waals surface area contributed by atoms with Crippen LogP contribution in [0.1, 0.15) is 15.9 Å². The van der Waals surface area contributed by atoms with E-state index in [9.17, 15) is 19.3 Å². The van der Waals surface area contributed by atoms with Gasteiger partial charge in [0.1, 0.15) is 11.6 Å². The van der Waals surface area contributed by atoms with Gasteiger partial charge in [-0.15, -0.1) is 0 Å². The minimum atomic E-state index is -0.564. The van der Waals surface area contributed by atoms with Crippen molar-refractivity contribution in [3.05, 3.63) is 93.8 Å². The number of nitro groups is 1. The highest BCUT2D eigenvalue weighted by molar-refractivity contribution is 7.99. The molecule has 0 atom stereocenters. The lowest BCUT2D eigenvalue weighted by atomic mass is 10.1. The van der Waals surface area contributed by atoms with Crippen LogP contribution in [0.4, 0.5) is 10.1 Å². The van der Waals surface area contributed by atoms with Crippen molar-refractivity contribution in [3.8, 4) is 5.75 Å². The molecule has 0 spiro atoms. The summed E-state index contributed by atoms with van der Waals surface area (Å²) < 4.78 is 19.1. The van der Waals surface area contributed by atoms with Crippen LogP contribution >= 0.6 is 11.8 Å². The summed E-state index contributed by atoms with van der Waals surface area (Å²) in [7, 11) is 1.59. The first-order chi connectivity index (χ1) is 14.5. The van der Waals surface area contributed by atoms with Gasteiger partial charge in [-0.1, -0.05) is 36.0 Å². The number of non-ortho nitro benzene ring substituents is 1. The molecule has 154 valence electrons. The van der Waals surface area contributed by atoms with E-state index in [1.54, 1.807) is 25.3 Å². The second-order valence-corrected chi connectivity index (χ2v) is 7.41. The van der Waals surface area contributed by atoms with Crippen molar-refractivity contribution in [2.24, 2.45) is 0 Å². The Morgan fingerprint density at radius 1 is 1.10 bits per heavy atom. The van der Waals surface area contributed by atoms with E-state index >= 15 is 0 Å². The van der Waals surface area contributed by atoms with Crippen LogP contribution < -0.4 is 10.1 Å². The van der Waals surface area contributed by atoms with Gasteiger partial charge in [0.15, 0.2) is 0 Å². The highest BCUT2D eigenvalue weighted by Gasteiger charge is 2.18. The predicted molar refractivity (Wildman–Crippen MR) is 113 cm³/mol. The molecule has 0 unspecified atom stereocenters. The van der Waals surface area contributed by atoms with Gasteiger partial charge in [0.25, 0.3) is 11.6 Å². The number of carbonyl (C=O) groups is 1. The van der Waals surface area contributed by atoms with E-state index in [0.29, 0.717) is 22.8 Å². The lowest BCUT2D eigenvalue weighted by Gasteiger charge is -2.11. The molecule has 6 nitrogen and oxygen atoms in total. The van der Waals surface area contributed by atoms with E-state index < -0.39 is 16.6 Å². The van der Waals surface area contributed by atoms with Gasteiger partial charge < -0.3 is 10.1 Å². The molecule has 0 aliphatic carbocycles. The molecule has 1 amide bonds. The van der Waals surface area contributed by atoms with Crippen molar-refractivity contribution in [2.75, 3.05) is 13.7 Å². The fourth-order valence-corrected chi connectivity index (χ4v) is 3.70. The number of ether oxygens (including phenoxy) is 1. The first-order valence-corrected chi connectivity index (χ1v) is 9.91. The van der Waals surface area contributed by atoms with E-state index in [0.717, 1.165) is 23.1 Å². The molecule has 8 heteroatoms. The lowest BCUT2D eigenvalue weighted by Crippen LogP contribution is -2.26. The molecule has 0 saturated carbocycles. The molecule has 0 heterocycles. The Hall–Kier alpha value is -3.39. The maximum Gasteiger partial charge on any atom is 0.270 e. The molecule has 0 aromatic heterocycles. The Morgan fingerprint density at radius 2 is 1.83 bits per heavy atom. The summed E-state index contributed by atoms with van der Waals surface area (Å²) in [5, 5.41) is 13.9. The summed E-state index contributed by atoms with van der Waals surface area (Å²) in [6.45, 7) is 0.345. The van der Waals surface area contributed by atoms with Crippen LogP contribution in [0.3, 0.4) is 0 Å². The largest absolute Gasteiger partial charge is 0.497 e. The summed E-state index contributed by atoms with van der Waals surface area (Å²) in [6.07, 6.45) is 0.584. The summed E-state index contributed by atoms with van der Waals surface area (Å²) in [4.78, 5) is 24.1. The molecular formula is C22H19FN2O4S. The minimum Gasteiger partial charge on any atom is -0.497 e. The average Bonchev–Trinajstić information content (AvgIpc) is 2.76. The van der Waals surface area contributed by atoms with Gasteiger partial charge in [-0.3, -0.25) is 14.9 Å². The van der Waals surface area contributed by atoms with Crippen LogP contribution in [0, 0.1) is 15.9 Å². The molecular weight excluding hydrogens is 407 g/mol. The third kappa shape index (κ3) is 5.36. The summed E-state index contributed by atoms with van der Waals surface area (Å²) in [6, 6.07) is 17.6. The zero-order valence-corrected chi connectivity index (χ0v) is 16.9. The van der Waals surface area contributed by atoms with E-state index in [4.69, 9.17) is 4.74 Å². The molecule has 0 saturated heterocycles. The van der Waals surface area contributed by atoms with Crippen molar-refractivity contribution < 1.29 is 18.8 Å². The molecule has 3 aromatic carbocycles. The van der Waals surface area contributed by atoms with Crippen LogP contribution in [0.15, 0.2) is 76.5 Å². The fraction of sp³-hybridized carbons (Fsp3) is 0.136. The molecule has 3 rings (SSSR count). The van der Waals surface area contributed by atoms with Crippen LogP contribution in [0.25, 0.3) is 0 Å². The Kier molecular flexibility index (Phi) is 7.03. The van der Waals surface area contributed by atoms with Gasteiger partial charge in [0, 0.05) is 28.5 Å². The zero-order chi connectivity index (χ0) is 21.5. The Balaban J connectivity index is 1.75. The van der Waals surface area contributed by atoms with Crippen molar-refractivity contribution >= 4 is 23.4 Å². The number of amides is 1. The minimum absolute atomic E-state index is 0.132. The normalized spacial score (nSPS) is 10.5. The van der Waals surface area contributed by atoms with Gasteiger partial charge >= 0.3 is 0 Å². The number of benzene rings is 3. The van der Waals surface area contributed by atoms with E-state index in [1.165, 1.54) is 24.3 Å². The van der Waals surface area contributed by atoms with Crippen LogP contribution in [-0.2, 0) is 6.42 Å². The molecule has 0 radical (unpaired) electrons. The van der Waals surface area contributed by atoms with Crippen LogP contribution in [0.2, 0.25) is 0 Å². The lowest BCUT2D eigenvalue weighted by molar-refractivity contribution is -0.384. The summed E-state index contributed by atoms with van der Waals surface area (Å²) in [5.74, 6) is -0.132. The van der Waals surface area contributed by atoms with Crippen LogP contribution in [-0.4, -0.2) is 24.5 Å². The standard InChI is InChI=1S/C22H19FN2O4S/c1-29-17-9-6-15(7-10-17)12-13-24-22(26)18-14-16(25(27)28)8-11-20(18)30-21-5-3-2-4-19(21)23/h2-11,14H,12-13H2,1H3,(H,24,26). The van der Waals surface area contributed by atoms with Crippen molar-refractivity contribution in [3.63, 3.8) is 0 Å². The van der Waals surface area contributed by atoms with Gasteiger partial charge in [-0.2, -0.15) is 0 Å². The number of methoxy groups -OCH3 is 1. The molecule has 30 heavy (non-hydrogen) atoms. The third-order valence-electron chi connectivity index (χ3n) is 4.33. The molecule has 0 aliphatic heterocycles. The van der Waals surface area contributed by atoms with E-state index in [-0.39, 0.29) is 11.3 Å². The second kappa shape index (κ2) is 9.89. The van der Waals surface area contributed by atoms with Crippen molar-refractivity contribution in [2.45, 2.75) is 16.2 Å². The van der Waals surface area contributed by atoms with Gasteiger partial charge in [-0.25, -0.2) is 4.39 Å². The van der Waals surface area contributed by atoms with E-state index in [2.05, 4.69) is 5.32 Å². The maximum absolute atomic E-state index is 14.0. The Labute approximate surface area is 177 Å². The highest BCUT2D eigenvalue weighted by Crippen LogP contribution is 2.34. The number of carbonyl (C=O) groups excluding carboxylic acids is 1. The average molecular weight is 426 g/mol. The topological polar surface area (TPSA) is 81.5 Å². The first kappa shape index (κ1) is 21.3. The highest BCUT2D eigenvalue weighted by atomic mass is 32.2. The predicted octanol–water partition coefficient (Wildman–Crippen LogP) is 4.87. The number of hydrogen-bond donors (Lipinski definition) is 1. The smallest absolute Gasteiger partial charge is 0.270 e. The Bertz CT molecular complexity index is 1060. The van der Waals surface area contributed by atoms with Gasteiger partial charge in [-0.05, 0) is 42.3 Å². The number of nitrogens with zero attached hydrogens (tertiary/aromatic N) is 1. The monoisotopic (exact) mass is 426 g/mol. The van der Waals surface area contributed by atoms with Gasteiger partial charge in [0.2, 0.25) is 0 Å². The maximum atomic E-state index is 14.0. The summed E-state index contributed by atoms with van der Waals surface area (Å²) >= 11 is 1.05. The molecule has 0 fully saturated rings. The third-order valence-corrected chi connectivity index (χ3v) is 5.46. The van der Waals surface area contributed by atoms with Crippen molar-refractivity contribution in [1.29, 1.82) is 0 Å². The molecule has 0 aliphatic rings. The fourth-order valence-electron chi connectivity index (χ4n) is 2.75. The first-order valence-electron chi connectivity index (χ1n) is 9.10. The summed E-state index contributed by atoms with van der Waals surface area (Å²) in [5.41, 5.74) is 0.941. The zero-order valence-electron chi connectivity index (χ0n) is 16.1. The quantitative estimate of drug-likeness (QED) is 0.411. The molecule has 1 N–H and O–H groups in total.